The van der Waals surface area contributed by atoms with Gasteiger partial charge in [0, 0.05) is 11.6 Å². The van der Waals surface area contributed by atoms with E-state index in [1.165, 1.54) is 57.8 Å². The first-order valence-electron chi connectivity index (χ1n) is 8.23. The fourth-order valence-corrected chi connectivity index (χ4v) is 4.50. The molecule has 2 aliphatic rings. The van der Waals surface area contributed by atoms with Gasteiger partial charge in [-0.25, -0.2) is 0 Å². The number of nitrogens with zero attached hydrogens (tertiary/aromatic N) is 1. The van der Waals surface area contributed by atoms with Crippen molar-refractivity contribution in [3.8, 4) is 0 Å². The van der Waals surface area contributed by atoms with Gasteiger partial charge in [0.15, 0.2) is 0 Å². The predicted octanol–water partition coefficient (Wildman–Crippen LogP) is 2.91. The molecule has 0 aliphatic heterocycles. The van der Waals surface area contributed by atoms with Crippen LogP contribution in [-0.2, 0) is 0 Å². The predicted molar refractivity (Wildman–Crippen MR) is 81.7 cm³/mol. The maximum absolute atomic E-state index is 6.02. The van der Waals surface area contributed by atoms with E-state index in [9.17, 15) is 0 Å². The minimum atomic E-state index is 0.281. The summed E-state index contributed by atoms with van der Waals surface area (Å²) in [5.74, 6) is 7.68. The maximum Gasteiger partial charge on any atom is 0.0422 e. The normalized spacial score (nSPS) is 35.5. The van der Waals surface area contributed by atoms with Crippen LogP contribution in [0.3, 0.4) is 0 Å². The third-order valence-corrected chi connectivity index (χ3v) is 5.91. The number of likely N-dealkylation sites (N-methyl/N-ethyl adjacent to an activating group) is 1. The molecule has 3 heteroatoms. The van der Waals surface area contributed by atoms with Crippen molar-refractivity contribution in [1.29, 1.82) is 0 Å². The van der Waals surface area contributed by atoms with E-state index in [2.05, 4.69) is 31.3 Å². The molecule has 0 aromatic rings. The van der Waals surface area contributed by atoms with Crippen molar-refractivity contribution in [3.63, 3.8) is 0 Å². The van der Waals surface area contributed by atoms with E-state index in [1.54, 1.807) is 0 Å². The molecule has 0 aromatic heterocycles. The van der Waals surface area contributed by atoms with Crippen LogP contribution in [-0.4, -0.2) is 30.6 Å². The van der Waals surface area contributed by atoms with Gasteiger partial charge in [-0.05, 0) is 64.5 Å². The van der Waals surface area contributed by atoms with Crippen LogP contribution in [0.15, 0.2) is 0 Å². The minimum Gasteiger partial charge on any atom is -0.302 e. The van der Waals surface area contributed by atoms with Gasteiger partial charge in [0.25, 0.3) is 0 Å². The van der Waals surface area contributed by atoms with Crippen LogP contribution < -0.4 is 11.3 Å². The van der Waals surface area contributed by atoms with Crippen LogP contribution in [0.4, 0.5) is 0 Å². The number of nitrogens with two attached hydrogens (primary N) is 1. The first-order chi connectivity index (χ1) is 9.10. The number of hydrogen-bond donors (Lipinski definition) is 2. The molecule has 2 saturated carbocycles. The zero-order valence-corrected chi connectivity index (χ0v) is 13.1. The second kappa shape index (κ2) is 6.55. The molecule has 0 aromatic carbocycles. The molecule has 0 amide bonds. The van der Waals surface area contributed by atoms with Crippen molar-refractivity contribution in [1.82, 2.24) is 10.3 Å². The van der Waals surface area contributed by atoms with Gasteiger partial charge >= 0.3 is 0 Å². The first kappa shape index (κ1) is 15.3. The lowest BCUT2D eigenvalue weighted by molar-refractivity contribution is 0.0134. The summed E-state index contributed by atoms with van der Waals surface area (Å²) in [5.41, 5.74) is 3.52. The SMILES string of the molecule is CC1CCC(C(NN)C2CCCCC2)(N(C)C)CC1. The molecule has 2 rings (SSSR count). The Morgan fingerprint density at radius 2 is 1.63 bits per heavy atom. The molecule has 3 nitrogen and oxygen atoms in total. The Hall–Kier alpha value is -0.120. The van der Waals surface area contributed by atoms with Crippen LogP contribution in [0.1, 0.15) is 64.7 Å². The van der Waals surface area contributed by atoms with Crippen LogP contribution in [0.5, 0.6) is 0 Å². The molecule has 0 bridgehead atoms. The number of nitrogens with one attached hydrogen (secondary N) is 1. The smallest absolute Gasteiger partial charge is 0.0422 e. The fourth-order valence-electron chi connectivity index (χ4n) is 4.50. The lowest BCUT2D eigenvalue weighted by atomic mass is 9.66. The van der Waals surface area contributed by atoms with Gasteiger partial charge in [-0.1, -0.05) is 26.2 Å². The largest absolute Gasteiger partial charge is 0.302 e. The Labute approximate surface area is 119 Å². The average Bonchev–Trinajstić information content (AvgIpc) is 2.43. The van der Waals surface area contributed by atoms with Crippen molar-refractivity contribution in [2.24, 2.45) is 17.7 Å². The highest BCUT2D eigenvalue weighted by molar-refractivity contribution is 5.03. The Balaban J connectivity index is 2.15. The molecule has 0 radical (unpaired) electrons. The Kier molecular flexibility index (Phi) is 5.27. The Morgan fingerprint density at radius 3 is 2.11 bits per heavy atom. The number of hydrazine groups is 1. The Morgan fingerprint density at radius 1 is 1.05 bits per heavy atom. The quantitative estimate of drug-likeness (QED) is 0.608. The summed E-state index contributed by atoms with van der Waals surface area (Å²) >= 11 is 0. The van der Waals surface area contributed by atoms with Gasteiger partial charge in [-0.15, -0.1) is 0 Å². The van der Waals surface area contributed by atoms with E-state index in [-0.39, 0.29) is 5.54 Å². The summed E-state index contributed by atoms with van der Waals surface area (Å²) in [6, 6.07) is 0.468. The first-order valence-corrected chi connectivity index (χ1v) is 8.23. The van der Waals surface area contributed by atoms with Gasteiger partial charge < -0.3 is 4.90 Å². The highest BCUT2D eigenvalue weighted by Crippen LogP contribution is 2.42. The standard InChI is InChI=1S/C16H33N3/c1-13-9-11-16(12-10-13,19(2)3)15(18-17)14-7-5-4-6-8-14/h13-15,18H,4-12,17H2,1-3H3. The van der Waals surface area contributed by atoms with Crippen molar-refractivity contribution in [3.05, 3.63) is 0 Å². The van der Waals surface area contributed by atoms with Crippen LogP contribution >= 0.6 is 0 Å². The molecular weight excluding hydrogens is 234 g/mol. The van der Waals surface area contributed by atoms with E-state index in [1.807, 2.05) is 0 Å². The molecule has 2 aliphatic carbocycles. The second-order valence-electron chi connectivity index (χ2n) is 7.22. The van der Waals surface area contributed by atoms with Crippen LogP contribution in [0, 0.1) is 11.8 Å². The van der Waals surface area contributed by atoms with Gasteiger partial charge in [0.2, 0.25) is 0 Å². The molecule has 0 saturated heterocycles. The van der Waals surface area contributed by atoms with Gasteiger partial charge in [0.05, 0.1) is 0 Å². The third kappa shape index (κ3) is 3.14. The number of rotatable bonds is 4. The number of hydrogen-bond acceptors (Lipinski definition) is 3. The molecule has 112 valence electrons. The summed E-state index contributed by atoms with van der Waals surface area (Å²) in [7, 11) is 4.51. The monoisotopic (exact) mass is 267 g/mol. The van der Waals surface area contributed by atoms with Gasteiger partial charge in [-0.2, -0.15) is 0 Å². The molecule has 0 spiro atoms. The Bertz CT molecular complexity index is 263. The topological polar surface area (TPSA) is 41.3 Å². The fraction of sp³-hybridized carbons (Fsp3) is 1.00. The van der Waals surface area contributed by atoms with E-state index < -0.39 is 0 Å². The van der Waals surface area contributed by atoms with E-state index in [0.717, 1.165) is 11.8 Å². The third-order valence-electron chi connectivity index (χ3n) is 5.91. The maximum atomic E-state index is 6.02. The molecule has 0 heterocycles. The molecule has 1 atom stereocenters. The van der Waals surface area contributed by atoms with Gasteiger partial charge in [-0.3, -0.25) is 11.3 Å². The van der Waals surface area contributed by atoms with Crippen LogP contribution in [0.2, 0.25) is 0 Å². The van der Waals surface area contributed by atoms with E-state index in [0.29, 0.717) is 6.04 Å². The molecule has 1 unspecified atom stereocenters. The molecule has 3 N–H and O–H groups in total. The van der Waals surface area contributed by atoms with E-state index in [4.69, 9.17) is 5.84 Å². The molecule has 2 fully saturated rings. The highest BCUT2D eigenvalue weighted by Gasteiger charge is 2.45. The second-order valence-corrected chi connectivity index (χ2v) is 7.22. The van der Waals surface area contributed by atoms with E-state index >= 15 is 0 Å². The van der Waals surface area contributed by atoms with Crippen molar-refractivity contribution in [2.45, 2.75) is 76.3 Å². The lowest BCUT2D eigenvalue weighted by Gasteiger charge is -2.52. The van der Waals surface area contributed by atoms with Crippen LogP contribution in [0.25, 0.3) is 0 Å². The molecular formula is C16H33N3. The average molecular weight is 267 g/mol. The zero-order valence-electron chi connectivity index (χ0n) is 13.1. The summed E-state index contributed by atoms with van der Waals surface area (Å²) in [6.45, 7) is 2.39. The zero-order chi connectivity index (χ0) is 13.9. The van der Waals surface area contributed by atoms with Crippen molar-refractivity contribution in [2.75, 3.05) is 14.1 Å². The van der Waals surface area contributed by atoms with Gasteiger partial charge in [0.1, 0.15) is 0 Å². The van der Waals surface area contributed by atoms with Crippen molar-refractivity contribution < 1.29 is 0 Å². The summed E-state index contributed by atoms with van der Waals surface area (Å²) in [6.07, 6.45) is 12.2. The molecule has 19 heavy (non-hydrogen) atoms. The summed E-state index contributed by atoms with van der Waals surface area (Å²) < 4.78 is 0. The lowest BCUT2D eigenvalue weighted by Crippen LogP contribution is -2.64. The minimum absolute atomic E-state index is 0.281. The van der Waals surface area contributed by atoms with Crippen molar-refractivity contribution >= 4 is 0 Å². The highest BCUT2D eigenvalue weighted by atomic mass is 15.3. The summed E-state index contributed by atoms with van der Waals surface area (Å²) in [4.78, 5) is 2.47. The summed E-state index contributed by atoms with van der Waals surface area (Å²) in [5, 5.41) is 0.